The summed E-state index contributed by atoms with van der Waals surface area (Å²) in [5.74, 6) is 0. The fraction of sp³-hybridized carbons (Fsp3) is 0.875. The molecule has 0 spiro atoms. The maximum absolute atomic E-state index is 8.43. The van der Waals surface area contributed by atoms with Crippen LogP contribution in [0.2, 0.25) is 0 Å². The van der Waals surface area contributed by atoms with Crippen LogP contribution in [0.15, 0.2) is 0 Å². The molecular weight excluding hydrogens is 267 g/mol. The van der Waals surface area contributed by atoms with E-state index >= 15 is 0 Å². The second-order valence-corrected chi connectivity index (χ2v) is 3.64. The van der Waals surface area contributed by atoms with E-state index in [1.807, 2.05) is 23.0 Å². The molecule has 0 radical (unpaired) electrons. The van der Waals surface area contributed by atoms with Gasteiger partial charge in [-0.3, -0.25) is 4.90 Å². The molecule has 1 saturated heterocycles. The number of hydrogen-bond acceptors (Lipinski definition) is 3. The maximum atomic E-state index is 8.43. The van der Waals surface area contributed by atoms with Gasteiger partial charge in [0.15, 0.2) is 0 Å². The van der Waals surface area contributed by atoms with Gasteiger partial charge in [0.1, 0.15) is 23.0 Å². The van der Waals surface area contributed by atoms with E-state index in [4.69, 9.17) is 8.33 Å². The van der Waals surface area contributed by atoms with Crippen LogP contribution in [-0.2, 0) is 3.07 Å². The lowest BCUT2D eigenvalue weighted by molar-refractivity contribution is 0.205. The molecular formula is C8H13IN2O. The van der Waals surface area contributed by atoms with Gasteiger partial charge >= 0.3 is 0 Å². The van der Waals surface area contributed by atoms with E-state index in [-0.39, 0.29) is 0 Å². The zero-order chi connectivity index (χ0) is 8.81. The van der Waals surface area contributed by atoms with E-state index < -0.39 is 0 Å². The van der Waals surface area contributed by atoms with Crippen molar-refractivity contribution in [3.8, 4) is 6.07 Å². The van der Waals surface area contributed by atoms with E-state index in [9.17, 15) is 0 Å². The van der Waals surface area contributed by atoms with Crippen LogP contribution in [-0.4, -0.2) is 30.6 Å². The van der Waals surface area contributed by atoms with Crippen LogP contribution >= 0.6 is 23.0 Å². The van der Waals surface area contributed by atoms with Gasteiger partial charge in [-0.05, 0) is 19.4 Å². The van der Waals surface area contributed by atoms with Crippen molar-refractivity contribution in [2.75, 3.05) is 19.7 Å². The summed E-state index contributed by atoms with van der Waals surface area (Å²) in [6, 6.07) is 2.72. The number of rotatable bonds is 4. The van der Waals surface area contributed by atoms with Gasteiger partial charge < -0.3 is 3.07 Å². The fourth-order valence-electron chi connectivity index (χ4n) is 1.64. The second-order valence-electron chi connectivity index (χ2n) is 3.02. The third-order valence-electron chi connectivity index (χ3n) is 2.27. The largest absolute Gasteiger partial charge is 0.314 e. The average Bonchev–Trinajstić information content (AvgIpc) is 2.50. The molecule has 1 atom stereocenters. The molecule has 0 N–H and O–H groups in total. The molecule has 3 nitrogen and oxygen atoms in total. The van der Waals surface area contributed by atoms with Crippen molar-refractivity contribution >= 4 is 23.0 Å². The minimum Gasteiger partial charge on any atom is -0.314 e. The van der Waals surface area contributed by atoms with Gasteiger partial charge in [-0.1, -0.05) is 0 Å². The van der Waals surface area contributed by atoms with Gasteiger partial charge in [-0.15, -0.1) is 0 Å². The van der Waals surface area contributed by atoms with E-state index in [2.05, 4.69) is 11.0 Å². The van der Waals surface area contributed by atoms with Gasteiger partial charge in [-0.25, -0.2) is 0 Å². The van der Waals surface area contributed by atoms with Crippen LogP contribution in [0.5, 0.6) is 0 Å². The Hall–Kier alpha value is 0.140. The summed E-state index contributed by atoms with van der Waals surface area (Å²) in [5, 5.41) is 8.43. The molecule has 1 heterocycles. The highest BCUT2D eigenvalue weighted by Crippen LogP contribution is 2.17. The lowest BCUT2D eigenvalue weighted by atomic mass is 10.2. The average molecular weight is 280 g/mol. The quantitative estimate of drug-likeness (QED) is 0.736. The zero-order valence-corrected chi connectivity index (χ0v) is 9.16. The van der Waals surface area contributed by atoms with E-state index in [1.54, 1.807) is 0 Å². The van der Waals surface area contributed by atoms with Crippen molar-refractivity contribution in [3.63, 3.8) is 0 Å². The van der Waals surface area contributed by atoms with Crippen LogP contribution in [0.3, 0.4) is 0 Å². The molecule has 0 aliphatic carbocycles. The Morgan fingerprint density at radius 1 is 1.67 bits per heavy atom. The van der Waals surface area contributed by atoms with Crippen molar-refractivity contribution < 1.29 is 3.07 Å². The first kappa shape index (κ1) is 10.2. The lowest BCUT2D eigenvalue weighted by Gasteiger charge is -2.21. The molecule has 1 aliphatic heterocycles. The standard InChI is InChI=1S/C8H13IN2O/c9-12-7-8-3-1-5-11(8)6-2-4-10/h8H,1-3,5-7H2. The molecule has 12 heavy (non-hydrogen) atoms. The van der Waals surface area contributed by atoms with Crippen LogP contribution in [0.4, 0.5) is 0 Å². The molecule has 4 heteroatoms. The Bertz CT molecular complexity index is 169. The number of likely N-dealkylation sites (tertiary alicyclic amines) is 1. The Balaban J connectivity index is 2.26. The summed E-state index contributed by atoms with van der Waals surface area (Å²) in [6.07, 6.45) is 3.10. The molecule has 1 unspecified atom stereocenters. The zero-order valence-electron chi connectivity index (χ0n) is 7.00. The van der Waals surface area contributed by atoms with Crippen LogP contribution < -0.4 is 0 Å². The second kappa shape index (κ2) is 5.73. The minimum absolute atomic E-state index is 0.551. The number of hydrogen-bond donors (Lipinski definition) is 0. The summed E-state index contributed by atoms with van der Waals surface area (Å²) < 4.78 is 5.08. The molecule has 0 aromatic carbocycles. The number of nitrogens with zero attached hydrogens (tertiary/aromatic N) is 2. The molecule has 1 rings (SSSR count). The Morgan fingerprint density at radius 2 is 2.50 bits per heavy atom. The topological polar surface area (TPSA) is 36.3 Å². The molecule has 0 amide bonds. The van der Waals surface area contributed by atoms with Crippen molar-refractivity contribution in [1.82, 2.24) is 4.90 Å². The summed E-state index contributed by atoms with van der Waals surface area (Å²) in [5.41, 5.74) is 0. The van der Waals surface area contributed by atoms with Gasteiger partial charge in [0, 0.05) is 19.0 Å². The number of nitriles is 1. The molecule has 0 aromatic heterocycles. The first-order chi connectivity index (χ1) is 5.88. The van der Waals surface area contributed by atoms with Gasteiger partial charge in [0.05, 0.1) is 12.7 Å². The smallest absolute Gasteiger partial charge is 0.109 e. The molecule has 0 saturated carbocycles. The monoisotopic (exact) mass is 280 g/mol. The third kappa shape index (κ3) is 2.88. The summed E-state index contributed by atoms with van der Waals surface area (Å²) >= 11 is 1.93. The Kier molecular flexibility index (Phi) is 4.88. The normalized spacial score (nSPS) is 24.2. The van der Waals surface area contributed by atoms with Crippen LogP contribution in [0.25, 0.3) is 0 Å². The molecule has 1 aliphatic rings. The predicted molar refractivity (Wildman–Crippen MR) is 54.8 cm³/mol. The Labute approximate surface area is 87.4 Å². The highest BCUT2D eigenvalue weighted by Gasteiger charge is 2.23. The summed E-state index contributed by atoms with van der Waals surface area (Å²) in [4.78, 5) is 2.35. The van der Waals surface area contributed by atoms with Crippen molar-refractivity contribution in [3.05, 3.63) is 0 Å². The fourth-order valence-corrected chi connectivity index (χ4v) is 2.06. The van der Waals surface area contributed by atoms with Gasteiger partial charge in [0.2, 0.25) is 0 Å². The summed E-state index contributed by atoms with van der Waals surface area (Å²) in [6.45, 7) is 2.83. The highest BCUT2D eigenvalue weighted by molar-refractivity contribution is 14.1. The Morgan fingerprint density at radius 3 is 3.17 bits per heavy atom. The summed E-state index contributed by atoms with van der Waals surface area (Å²) in [7, 11) is 0. The van der Waals surface area contributed by atoms with Crippen LogP contribution in [0.1, 0.15) is 19.3 Å². The molecule has 1 fully saturated rings. The highest BCUT2D eigenvalue weighted by atomic mass is 127. The van der Waals surface area contributed by atoms with Gasteiger partial charge in [0.25, 0.3) is 0 Å². The van der Waals surface area contributed by atoms with E-state index in [0.717, 1.165) is 19.7 Å². The third-order valence-corrected chi connectivity index (χ3v) is 2.62. The van der Waals surface area contributed by atoms with Crippen molar-refractivity contribution in [1.29, 1.82) is 5.26 Å². The first-order valence-corrected chi connectivity index (χ1v) is 5.11. The molecule has 0 bridgehead atoms. The lowest BCUT2D eigenvalue weighted by Crippen LogP contribution is -2.32. The predicted octanol–water partition coefficient (Wildman–Crippen LogP) is 1.73. The SMILES string of the molecule is N#CCCN1CCCC1COI. The van der Waals surface area contributed by atoms with Crippen LogP contribution in [0, 0.1) is 11.3 Å². The molecule has 68 valence electrons. The van der Waals surface area contributed by atoms with Crippen molar-refractivity contribution in [2.45, 2.75) is 25.3 Å². The minimum atomic E-state index is 0.551. The first-order valence-electron chi connectivity index (χ1n) is 4.23. The van der Waals surface area contributed by atoms with Crippen molar-refractivity contribution in [2.24, 2.45) is 0 Å². The van der Waals surface area contributed by atoms with Gasteiger partial charge in [-0.2, -0.15) is 5.26 Å². The maximum Gasteiger partial charge on any atom is 0.109 e. The molecule has 0 aromatic rings. The van der Waals surface area contributed by atoms with E-state index in [1.165, 1.54) is 12.8 Å². The van der Waals surface area contributed by atoms with E-state index in [0.29, 0.717) is 12.5 Å². The number of halogens is 1.